The molecular weight excluding hydrogens is 376 g/mol. The maximum Gasteiger partial charge on any atom is 0.420 e. The molecule has 8 heteroatoms. The Kier molecular flexibility index (Phi) is 4.19. The van der Waals surface area contributed by atoms with E-state index in [4.69, 9.17) is 15.2 Å². The Bertz CT molecular complexity index is 1050. The number of halogens is 4. The zero-order chi connectivity index (χ0) is 20.1. The quantitative estimate of drug-likeness (QED) is 0.405. The predicted octanol–water partition coefficient (Wildman–Crippen LogP) is 4.43. The Hall–Kier alpha value is -2.87. The average Bonchev–Trinajstić information content (AvgIpc) is 3.45. The van der Waals surface area contributed by atoms with Crippen molar-refractivity contribution in [3.05, 3.63) is 65.6 Å². The number of anilines is 1. The molecule has 0 bridgehead atoms. The third kappa shape index (κ3) is 2.75. The number of epoxide rings is 1. The summed E-state index contributed by atoms with van der Waals surface area (Å²) < 4.78 is 66.4. The van der Waals surface area contributed by atoms with E-state index >= 15 is 0 Å². The van der Waals surface area contributed by atoms with E-state index in [9.17, 15) is 17.6 Å². The van der Waals surface area contributed by atoms with Crippen LogP contribution in [0.2, 0.25) is 0 Å². The largest absolute Gasteiger partial charge is 0.494 e. The number of methoxy groups -OCH3 is 1. The van der Waals surface area contributed by atoms with Gasteiger partial charge in [0.25, 0.3) is 0 Å². The van der Waals surface area contributed by atoms with Gasteiger partial charge in [0.05, 0.1) is 30.8 Å². The average molecular weight is 392 g/mol. The van der Waals surface area contributed by atoms with Gasteiger partial charge in [-0.15, -0.1) is 0 Å². The predicted molar refractivity (Wildman–Crippen MR) is 95.7 cm³/mol. The van der Waals surface area contributed by atoms with Gasteiger partial charge in [0, 0.05) is 16.6 Å². The molecule has 1 saturated heterocycles. The van der Waals surface area contributed by atoms with E-state index < -0.39 is 30.1 Å². The van der Waals surface area contributed by atoms with Gasteiger partial charge < -0.3 is 15.2 Å². The maximum atomic E-state index is 14.9. The molecule has 2 heterocycles. The zero-order valence-corrected chi connectivity index (χ0v) is 14.8. The zero-order valence-electron chi connectivity index (χ0n) is 14.8. The van der Waals surface area contributed by atoms with Crippen LogP contribution in [0, 0.1) is 5.82 Å². The highest BCUT2D eigenvalue weighted by molar-refractivity contribution is 5.90. The number of hydrogen-bond acceptors (Lipinski definition) is 4. The molecule has 0 radical (unpaired) electrons. The minimum atomic E-state index is -4.71. The van der Waals surface area contributed by atoms with Crippen molar-refractivity contribution in [2.24, 2.45) is 0 Å². The molecule has 146 valence electrons. The number of aromatic nitrogens is 1. The second kappa shape index (κ2) is 6.34. The number of alkyl halides is 3. The molecule has 0 aliphatic carbocycles. The summed E-state index contributed by atoms with van der Waals surface area (Å²) in [6.07, 6.45) is -4.71. The fourth-order valence-corrected chi connectivity index (χ4v) is 3.48. The van der Waals surface area contributed by atoms with Crippen molar-refractivity contribution >= 4 is 16.6 Å². The van der Waals surface area contributed by atoms with Gasteiger partial charge in [0.15, 0.2) is 17.2 Å². The van der Waals surface area contributed by atoms with E-state index in [1.54, 1.807) is 24.3 Å². The van der Waals surface area contributed by atoms with E-state index in [0.29, 0.717) is 16.6 Å². The molecule has 4 rings (SSSR count). The van der Waals surface area contributed by atoms with Crippen LogP contribution in [0.4, 0.5) is 23.2 Å². The molecule has 2 atom stereocenters. The van der Waals surface area contributed by atoms with Crippen LogP contribution in [0.25, 0.3) is 10.9 Å². The molecule has 1 aliphatic rings. The highest BCUT2D eigenvalue weighted by atomic mass is 19.4. The lowest BCUT2D eigenvalue weighted by Crippen LogP contribution is -2.40. The number of rotatable bonds is 4. The monoisotopic (exact) mass is 392 g/mol. The Morgan fingerprint density at radius 2 is 1.86 bits per heavy atom. The van der Waals surface area contributed by atoms with Gasteiger partial charge in [-0.3, -0.25) is 4.98 Å². The fourth-order valence-electron chi connectivity index (χ4n) is 3.48. The SMILES string of the molecule is COc1cccc(C(c2ccc3c(N)cccc3n2)C2(C(F)(F)F)CO2)c1F. The molecule has 0 amide bonds. The van der Waals surface area contributed by atoms with E-state index in [-0.39, 0.29) is 17.0 Å². The first-order valence-electron chi connectivity index (χ1n) is 8.47. The first kappa shape index (κ1) is 18.5. The molecule has 2 aromatic carbocycles. The van der Waals surface area contributed by atoms with Gasteiger partial charge in [-0.05, 0) is 30.3 Å². The maximum absolute atomic E-state index is 14.9. The Morgan fingerprint density at radius 3 is 2.50 bits per heavy atom. The normalized spacial score (nSPS) is 20.2. The molecule has 1 fully saturated rings. The van der Waals surface area contributed by atoms with E-state index in [2.05, 4.69) is 4.98 Å². The van der Waals surface area contributed by atoms with Gasteiger partial charge in [0.2, 0.25) is 0 Å². The fraction of sp³-hybridized carbons (Fsp3) is 0.250. The first-order valence-corrected chi connectivity index (χ1v) is 8.47. The van der Waals surface area contributed by atoms with Crippen molar-refractivity contribution in [2.75, 3.05) is 19.5 Å². The first-order chi connectivity index (χ1) is 13.3. The van der Waals surface area contributed by atoms with Crippen molar-refractivity contribution in [1.29, 1.82) is 0 Å². The number of pyridine rings is 1. The molecule has 4 nitrogen and oxygen atoms in total. The topological polar surface area (TPSA) is 60.7 Å². The molecule has 28 heavy (non-hydrogen) atoms. The molecule has 2 unspecified atom stereocenters. The molecule has 0 saturated carbocycles. The second-order valence-corrected chi connectivity index (χ2v) is 6.62. The number of nitrogens with zero attached hydrogens (tertiary/aromatic N) is 1. The standard InChI is InChI=1S/C20H16F4N2O2/c1-27-16-7-2-4-12(18(16)21)17(19(10-28-19)20(22,23)24)15-9-8-11-13(25)5-3-6-14(11)26-15/h2-9,17H,10,25H2,1H3. The molecular formula is C20H16F4N2O2. The highest BCUT2D eigenvalue weighted by Crippen LogP contribution is 2.55. The third-order valence-electron chi connectivity index (χ3n) is 5.01. The Morgan fingerprint density at radius 1 is 1.14 bits per heavy atom. The van der Waals surface area contributed by atoms with Crippen LogP contribution in [-0.4, -0.2) is 30.5 Å². The van der Waals surface area contributed by atoms with Crippen LogP contribution < -0.4 is 10.5 Å². The summed E-state index contributed by atoms with van der Waals surface area (Å²) in [6.45, 7) is -0.575. The van der Waals surface area contributed by atoms with Crippen molar-refractivity contribution in [3.63, 3.8) is 0 Å². The van der Waals surface area contributed by atoms with Crippen LogP contribution >= 0.6 is 0 Å². The number of benzene rings is 2. The summed E-state index contributed by atoms with van der Waals surface area (Å²) in [5.41, 5.74) is 4.09. The van der Waals surface area contributed by atoms with Crippen LogP contribution in [0.3, 0.4) is 0 Å². The minimum Gasteiger partial charge on any atom is -0.494 e. The van der Waals surface area contributed by atoms with Gasteiger partial charge >= 0.3 is 6.18 Å². The van der Waals surface area contributed by atoms with Crippen LogP contribution in [-0.2, 0) is 4.74 Å². The van der Waals surface area contributed by atoms with Crippen molar-refractivity contribution < 1.29 is 27.0 Å². The number of fused-ring (bicyclic) bond motifs is 1. The van der Waals surface area contributed by atoms with Gasteiger partial charge in [0.1, 0.15) is 0 Å². The van der Waals surface area contributed by atoms with E-state index in [0.717, 1.165) is 0 Å². The molecule has 1 aliphatic heterocycles. The minimum absolute atomic E-state index is 0.0417. The lowest BCUT2D eigenvalue weighted by atomic mass is 9.82. The molecule has 1 aromatic heterocycles. The Labute approximate surface area is 157 Å². The molecule has 0 spiro atoms. The Balaban J connectivity index is 1.95. The smallest absolute Gasteiger partial charge is 0.420 e. The summed E-state index contributed by atoms with van der Waals surface area (Å²) >= 11 is 0. The third-order valence-corrected chi connectivity index (χ3v) is 5.01. The van der Waals surface area contributed by atoms with Crippen LogP contribution in [0.5, 0.6) is 5.75 Å². The van der Waals surface area contributed by atoms with Gasteiger partial charge in [-0.2, -0.15) is 13.2 Å². The second-order valence-electron chi connectivity index (χ2n) is 6.62. The molecule has 2 N–H and O–H groups in total. The van der Waals surface area contributed by atoms with Crippen molar-refractivity contribution in [2.45, 2.75) is 17.7 Å². The number of hydrogen-bond donors (Lipinski definition) is 1. The summed E-state index contributed by atoms with van der Waals surface area (Å²) in [5.74, 6) is -2.51. The number of nitrogen functional groups attached to an aromatic ring is 1. The van der Waals surface area contributed by atoms with E-state index in [1.165, 1.54) is 31.4 Å². The summed E-state index contributed by atoms with van der Waals surface area (Å²) in [4.78, 5) is 4.36. The lowest BCUT2D eigenvalue weighted by Gasteiger charge is -2.27. The van der Waals surface area contributed by atoms with Crippen LogP contribution in [0.1, 0.15) is 17.2 Å². The van der Waals surface area contributed by atoms with Gasteiger partial charge in [-0.1, -0.05) is 18.2 Å². The van der Waals surface area contributed by atoms with Gasteiger partial charge in [-0.25, -0.2) is 4.39 Å². The summed E-state index contributed by atoms with van der Waals surface area (Å²) in [6, 6.07) is 12.1. The van der Waals surface area contributed by atoms with E-state index in [1.807, 2.05) is 0 Å². The summed E-state index contributed by atoms with van der Waals surface area (Å²) in [5, 5.41) is 0.605. The van der Waals surface area contributed by atoms with Crippen molar-refractivity contribution in [3.8, 4) is 5.75 Å². The number of nitrogens with two attached hydrogens (primary N) is 1. The highest BCUT2D eigenvalue weighted by Gasteiger charge is 2.71. The van der Waals surface area contributed by atoms with Crippen LogP contribution in [0.15, 0.2) is 48.5 Å². The molecule has 3 aromatic rings. The lowest BCUT2D eigenvalue weighted by molar-refractivity contribution is -0.187. The number of ether oxygens (including phenoxy) is 2. The summed E-state index contributed by atoms with van der Waals surface area (Å²) in [7, 11) is 1.25. The van der Waals surface area contributed by atoms with Crippen molar-refractivity contribution in [1.82, 2.24) is 4.98 Å².